The normalized spacial score (nSPS) is 26.1. The Balaban J connectivity index is 1.89. The quantitative estimate of drug-likeness (QED) is 0.622. The number of alkyl halides is 4. The molecule has 26 heavy (non-hydrogen) atoms. The summed E-state index contributed by atoms with van der Waals surface area (Å²) in [6.45, 7) is 0. The highest BCUT2D eigenvalue weighted by Crippen LogP contribution is 2.40. The van der Waals surface area contributed by atoms with Gasteiger partial charge in [-0.25, -0.2) is 4.39 Å². The molecule has 0 aliphatic heterocycles. The van der Waals surface area contributed by atoms with Crippen LogP contribution in [-0.4, -0.2) is 33.7 Å². The number of amides is 1. The average Bonchev–Trinajstić information content (AvgIpc) is 3.15. The number of benzene rings is 1. The second-order valence-electron chi connectivity index (χ2n) is 5.97. The average molecular weight is 393 g/mol. The Morgan fingerprint density at radius 2 is 2.08 bits per heavy atom. The molecule has 1 fully saturated rings. The minimum absolute atomic E-state index is 0.0347. The van der Waals surface area contributed by atoms with Crippen molar-refractivity contribution in [2.45, 2.75) is 36.0 Å². The number of carbonyl (C=O) groups excluding carboxylic acids is 1. The number of nitrogens with zero attached hydrogens (tertiary/aromatic N) is 1. The highest BCUT2D eigenvalue weighted by Gasteiger charge is 2.44. The summed E-state index contributed by atoms with van der Waals surface area (Å²) in [6.07, 6.45) is -4.60. The van der Waals surface area contributed by atoms with Crippen molar-refractivity contribution >= 4 is 17.5 Å². The van der Waals surface area contributed by atoms with Crippen LogP contribution in [0.3, 0.4) is 0 Å². The third kappa shape index (κ3) is 3.54. The second-order valence-corrected chi connectivity index (χ2v) is 6.53. The van der Waals surface area contributed by atoms with Crippen LogP contribution in [0.2, 0.25) is 0 Å². The Bertz CT molecular complexity index is 797. The summed E-state index contributed by atoms with van der Waals surface area (Å²) in [4.78, 5) is 12.1. The van der Waals surface area contributed by atoms with Gasteiger partial charge >= 0.3 is 6.18 Å². The molecule has 140 valence electrons. The summed E-state index contributed by atoms with van der Waals surface area (Å²) in [6, 6.07) is 2.84. The fourth-order valence-electron chi connectivity index (χ4n) is 3.11. The zero-order valence-electron chi connectivity index (χ0n) is 13.0. The first-order valence-corrected chi connectivity index (χ1v) is 8.02. The zero-order chi connectivity index (χ0) is 19.1. The third-order valence-corrected chi connectivity index (χ3v) is 4.76. The van der Waals surface area contributed by atoms with Gasteiger partial charge in [-0.15, -0.1) is 11.6 Å². The summed E-state index contributed by atoms with van der Waals surface area (Å²) in [7, 11) is 0. The zero-order valence-corrected chi connectivity index (χ0v) is 13.8. The number of rotatable bonds is 3. The van der Waals surface area contributed by atoms with Crippen LogP contribution in [-0.2, 0) is 6.18 Å². The number of hydrogen-bond acceptors (Lipinski definition) is 4. The number of carbonyl (C=O) groups is 1. The molecular formula is C16H13ClF4N2O3. The number of nitrogens with one attached hydrogen (secondary N) is 1. The molecule has 1 aliphatic rings. The summed E-state index contributed by atoms with van der Waals surface area (Å²) in [5.74, 6) is -2.87. The molecule has 1 saturated carbocycles. The van der Waals surface area contributed by atoms with Gasteiger partial charge in [-0.05, 0) is 24.1 Å². The van der Waals surface area contributed by atoms with E-state index in [1.54, 1.807) is 0 Å². The Labute approximate surface area is 149 Å². The molecule has 1 aromatic heterocycles. The predicted octanol–water partition coefficient (Wildman–Crippen LogP) is 3.09. The molecule has 4 atom stereocenters. The van der Waals surface area contributed by atoms with Crippen molar-refractivity contribution < 1.29 is 32.0 Å². The molecule has 0 radical (unpaired) electrons. The summed E-state index contributed by atoms with van der Waals surface area (Å²) >= 11 is 6.20. The minimum Gasteiger partial charge on any atom is -0.391 e. The predicted molar refractivity (Wildman–Crippen MR) is 82.2 cm³/mol. The maximum absolute atomic E-state index is 13.9. The second kappa shape index (κ2) is 6.88. The Kier molecular flexibility index (Phi) is 4.94. The van der Waals surface area contributed by atoms with Gasteiger partial charge in [-0.2, -0.15) is 13.2 Å². The van der Waals surface area contributed by atoms with Crippen molar-refractivity contribution in [2.75, 3.05) is 0 Å². The van der Waals surface area contributed by atoms with Crippen LogP contribution in [0.1, 0.15) is 34.0 Å². The van der Waals surface area contributed by atoms with Crippen LogP contribution in [0.15, 0.2) is 35.1 Å². The van der Waals surface area contributed by atoms with E-state index in [0.29, 0.717) is 6.07 Å². The molecule has 2 unspecified atom stereocenters. The Hall–Kier alpha value is -2.13. The van der Waals surface area contributed by atoms with Crippen LogP contribution in [0.4, 0.5) is 17.6 Å². The minimum atomic E-state index is -4.82. The molecule has 0 spiro atoms. The van der Waals surface area contributed by atoms with Crippen molar-refractivity contribution in [3.63, 3.8) is 0 Å². The smallest absolute Gasteiger partial charge is 0.391 e. The first-order chi connectivity index (χ1) is 12.2. The molecule has 5 nitrogen and oxygen atoms in total. The summed E-state index contributed by atoms with van der Waals surface area (Å²) in [5.41, 5.74) is -1.28. The number of aromatic nitrogens is 1. The van der Waals surface area contributed by atoms with Gasteiger partial charge in [0.25, 0.3) is 5.91 Å². The fraction of sp³-hybridized carbons (Fsp3) is 0.375. The number of aliphatic hydroxyl groups excluding tert-OH is 1. The molecule has 1 aromatic carbocycles. The van der Waals surface area contributed by atoms with E-state index in [0.717, 1.165) is 12.1 Å². The molecule has 1 heterocycles. The van der Waals surface area contributed by atoms with Gasteiger partial charge in [0, 0.05) is 17.4 Å². The van der Waals surface area contributed by atoms with E-state index in [-0.39, 0.29) is 17.7 Å². The van der Waals surface area contributed by atoms with Crippen molar-refractivity contribution in [3.05, 3.63) is 53.2 Å². The first kappa shape index (κ1) is 18.7. The number of aliphatic hydroxyl groups is 1. The van der Waals surface area contributed by atoms with E-state index in [2.05, 4.69) is 15.0 Å². The molecule has 1 amide bonds. The number of hydrogen-bond donors (Lipinski definition) is 2. The van der Waals surface area contributed by atoms with Crippen molar-refractivity contribution in [3.8, 4) is 0 Å². The SMILES string of the molecule is O=C(N[C@@H]1C(c2ccc(C(F)(F)F)c(F)c2)C(Cl)C[C@@H]1O)c1ccon1. The molecular weight excluding hydrogens is 380 g/mol. The van der Waals surface area contributed by atoms with Crippen molar-refractivity contribution in [1.29, 1.82) is 0 Å². The molecule has 0 saturated heterocycles. The highest BCUT2D eigenvalue weighted by molar-refractivity contribution is 6.21. The van der Waals surface area contributed by atoms with Gasteiger partial charge in [0.1, 0.15) is 12.1 Å². The van der Waals surface area contributed by atoms with Crippen LogP contribution in [0, 0.1) is 5.82 Å². The lowest BCUT2D eigenvalue weighted by Crippen LogP contribution is -2.43. The summed E-state index contributed by atoms with van der Waals surface area (Å²) in [5, 5.41) is 15.5. The number of halogens is 5. The van der Waals surface area contributed by atoms with Crippen molar-refractivity contribution in [1.82, 2.24) is 10.5 Å². The van der Waals surface area contributed by atoms with Crippen LogP contribution >= 0.6 is 11.6 Å². The van der Waals surface area contributed by atoms with Gasteiger partial charge < -0.3 is 14.9 Å². The van der Waals surface area contributed by atoms with Gasteiger partial charge in [-0.3, -0.25) is 4.79 Å². The van der Waals surface area contributed by atoms with E-state index in [1.165, 1.54) is 12.3 Å². The van der Waals surface area contributed by atoms with Gasteiger partial charge in [0.15, 0.2) is 5.69 Å². The van der Waals surface area contributed by atoms with E-state index in [9.17, 15) is 27.5 Å². The van der Waals surface area contributed by atoms with E-state index < -0.39 is 46.9 Å². The molecule has 10 heteroatoms. The third-order valence-electron chi connectivity index (χ3n) is 4.31. The van der Waals surface area contributed by atoms with Gasteiger partial charge in [0.05, 0.1) is 17.7 Å². The molecule has 1 aliphatic carbocycles. The largest absolute Gasteiger partial charge is 0.419 e. The molecule has 0 bridgehead atoms. The van der Waals surface area contributed by atoms with Gasteiger partial charge in [0.2, 0.25) is 0 Å². The van der Waals surface area contributed by atoms with Crippen molar-refractivity contribution in [2.24, 2.45) is 0 Å². The topological polar surface area (TPSA) is 75.4 Å². The molecule has 2 N–H and O–H groups in total. The summed E-state index contributed by atoms with van der Waals surface area (Å²) < 4.78 is 56.6. The molecule has 2 aromatic rings. The lowest BCUT2D eigenvalue weighted by molar-refractivity contribution is -0.140. The van der Waals surface area contributed by atoms with Crippen LogP contribution in [0.5, 0.6) is 0 Å². The Morgan fingerprint density at radius 1 is 1.35 bits per heavy atom. The van der Waals surface area contributed by atoms with Crippen LogP contribution < -0.4 is 5.32 Å². The monoisotopic (exact) mass is 392 g/mol. The standard InChI is InChI=1S/C16H13ClF4N2O3/c17-9-6-12(24)14(22-15(25)11-3-4-26-23-11)13(9)7-1-2-8(10(18)5-7)16(19,20)21/h1-5,9,12-14,24H,6H2,(H,22,25)/t9?,12-,13?,14-/m0/s1. The van der Waals surface area contributed by atoms with Gasteiger partial charge in [-0.1, -0.05) is 11.2 Å². The Morgan fingerprint density at radius 3 is 2.65 bits per heavy atom. The van der Waals surface area contributed by atoms with E-state index >= 15 is 0 Å². The first-order valence-electron chi connectivity index (χ1n) is 7.58. The van der Waals surface area contributed by atoms with E-state index in [4.69, 9.17) is 11.6 Å². The fourth-order valence-corrected chi connectivity index (χ4v) is 3.60. The maximum atomic E-state index is 13.9. The van der Waals surface area contributed by atoms with E-state index in [1.807, 2.05) is 0 Å². The lowest BCUT2D eigenvalue weighted by Gasteiger charge is -2.25. The molecule has 3 rings (SSSR count). The van der Waals surface area contributed by atoms with Crippen LogP contribution in [0.25, 0.3) is 0 Å². The lowest BCUT2D eigenvalue weighted by atomic mass is 9.92. The maximum Gasteiger partial charge on any atom is 0.419 e. The highest BCUT2D eigenvalue weighted by atomic mass is 35.5.